The molecular weight excluding hydrogens is 480 g/mol. The molecule has 0 radical (unpaired) electrons. The van der Waals surface area contributed by atoms with Crippen molar-refractivity contribution in [2.24, 2.45) is 0 Å². The van der Waals surface area contributed by atoms with Crippen LogP contribution >= 0.6 is 15.9 Å². The van der Waals surface area contributed by atoms with Crippen molar-refractivity contribution in [2.45, 2.75) is 31.5 Å². The van der Waals surface area contributed by atoms with E-state index in [1.165, 1.54) is 4.90 Å². The molecule has 0 saturated carbocycles. The number of hydrogen-bond acceptors (Lipinski definition) is 4. The van der Waals surface area contributed by atoms with E-state index in [2.05, 4.69) is 33.0 Å². The third kappa shape index (κ3) is 4.38. The minimum Gasteiger partial charge on any atom is -0.385 e. The summed E-state index contributed by atoms with van der Waals surface area (Å²) in [6.45, 7) is 2.64. The van der Waals surface area contributed by atoms with Crippen LogP contribution in [-0.4, -0.2) is 39.8 Å². The lowest BCUT2D eigenvalue weighted by Crippen LogP contribution is -2.42. The number of amides is 2. The van der Waals surface area contributed by atoms with E-state index in [-0.39, 0.29) is 18.4 Å². The maximum atomic E-state index is 12.7. The van der Waals surface area contributed by atoms with Gasteiger partial charge in [-0.05, 0) is 53.8 Å². The smallest absolute Gasteiger partial charge is 0.261 e. The number of likely N-dealkylation sites (tertiary alicyclic amines) is 1. The summed E-state index contributed by atoms with van der Waals surface area (Å²) >= 11 is 3.45. The van der Waals surface area contributed by atoms with Gasteiger partial charge in [0, 0.05) is 24.1 Å². The first kappa shape index (κ1) is 22.0. The van der Waals surface area contributed by atoms with Crippen LogP contribution in [0.1, 0.15) is 50.2 Å². The molecule has 0 bridgehead atoms. The van der Waals surface area contributed by atoms with Crippen molar-refractivity contribution >= 4 is 27.7 Å². The fraction of sp³-hybridized carbons (Fsp3) is 0.259. The molecule has 0 spiro atoms. The van der Waals surface area contributed by atoms with E-state index in [9.17, 15) is 14.7 Å². The number of nitrogens with zero attached hydrogens (tertiary/aromatic N) is 2. The Morgan fingerprint density at radius 2 is 1.36 bits per heavy atom. The van der Waals surface area contributed by atoms with Crippen molar-refractivity contribution in [2.75, 3.05) is 13.1 Å². The molecule has 1 fully saturated rings. The predicted molar refractivity (Wildman–Crippen MR) is 130 cm³/mol. The second-order valence-corrected chi connectivity index (χ2v) is 9.79. The molecule has 0 atom stereocenters. The Hall–Kier alpha value is -2.80. The third-order valence-electron chi connectivity index (χ3n) is 6.68. The quantitative estimate of drug-likeness (QED) is 0.510. The summed E-state index contributed by atoms with van der Waals surface area (Å²) in [5.41, 5.74) is 3.21. The van der Waals surface area contributed by atoms with Crippen LogP contribution in [0.3, 0.4) is 0 Å². The molecule has 0 unspecified atom stereocenters. The lowest BCUT2D eigenvalue weighted by molar-refractivity contribution is -0.0277. The number of hydrogen-bond donors (Lipinski definition) is 1. The van der Waals surface area contributed by atoms with Crippen molar-refractivity contribution in [3.8, 4) is 0 Å². The maximum absolute atomic E-state index is 12.7. The molecule has 1 saturated heterocycles. The molecule has 0 aromatic heterocycles. The van der Waals surface area contributed by atoms with Crippen LogP contribution in [-0.2, 0) is 18.7 Å². The van der Waals surface area contributed by atoms with Gasteiger partial charge in [0.1, 0.15) is 0 Å². The first-order chi connectivity index (χ1) is 15.9. The highest BCUT2D eigenvalue weighted by molar-refractivity contribution is 9.10. The Balaban J connectivity index is 1.22. The average Bonchev–Trinajstić information content (AvgIpc) is 3.06. The Bertz CT molecular complexity index is 1160. The summed E-state index contributed by atoms with van der Waals surface area (Å²) in [7, 11) is 0. The van der Waals surface area contributed by atoms with E-state index in [0.29, 0.717) is 24.0 Å². The van der Waals surface area contributed by atoms with Crippen molar-refractivity contribution in [3.05, 3.63) is 105 Å². The highest BCUT2D eigenvalue weighted by Gasteiger charge is 2.35. The van der Waals surface area contributed by atoms with Gasteiger partial charge < -0.3 is 5.11 Å². The summed E-state index contributed by atoms with van der Waals surface area (Å²) in [5.74, 6) is -0.464. The minimum absolute atomic E-state index is 0.232. The van der Waals surface area contributed by atoms with Gasteiger partial charge in [-0.1, -0.05) is 64.5 Å². The Morgan fingerprint density at radius 3 is 1.97 bits per heavy atom. The number of rotatable bonds is 5. The van der Waals surface area contributed by atoms with Gasteiger partial charge >= 0.3 is 0 Å². The summed E-state index contributed by atoms with van der Waals surface area (Å²) in [6.07, 6.45) is 1.37. The number of carbonyl (C=O) groups is 2. The Labute approximate surface area is 201 Å². The molecule has 1 N–H and O–H groups in total. The van der Waals surface area contributed by atoms with Gasteiger partial charge in [-0.2, -0.15) is 0 Å². The summed E-state index contributed by atoms with van der Waals surface area (Å²) in [6, 6.07) is 23.0. The summed E-state index contributed by atoms with van der Waals surface area (Å²) in [4.78, 5) is 29.0. The van der Waals surface area contributed by atoms with E-state index in [4.69, 9.17) is 0 Å². The van der Waals surface area contributed by atoms with E-state index in [1.807, 2.05) is 36.4 Å². The molecule has 3 aromatic rings. The molecule has 3 aromatic carbocycles. The van der Waals surface area contributed by atoms with Gasteiger partial charge in [-0.3, -0.25) is 19.4 Å². The summed E-state index contributed by atoms with van der Waals surface area (Å²) < 4.78 is 1.01. The number of imide groups is 1. The molecule has 2 heterocycles. The number of aliphatic hydroxyl groups is 1. The fourth-order valence-corrected chi connectivity index (χ4v) is 5.04. The average molecular weight is 505 g/mol. The predicted octanol–water partition coefficient (Wildman–Crippen LogP) is 4.73. The number of benzene rings is 3. The molecule has 5 nitrogen and oxygen atoms in total. The van der Waals surface area contributed by atoms with Crippen LogP contribution < -0.4 is 0 Å². The van der Waals surface area contributed by atoms with Crippen LogP contribution in [0.2, 0.25) is 0 Å². The van der Waals surface area contributed by atoms with Crippen molar-refractivity contribution in [1.29, 1.82) is 0 Å². The third-order valence-corrected chi connectivity index (χ3v) is 7.21. The van der Waals surface area contributed by atoms with Crippen molar-refractivity contribution in [3.63, 3.8) is 0 Å². The highest BCUT2D eigenvalue weighted by Crippen LogP contribution is 2.34. The van der Waals surface area contributed by atoms with Crippen LogP contribution in [0.25, 0.3) is 0 Å². The maximum Gasteiger partial charge on any atom is 0.261 e. The van der Waals surface area contributed by atoms with E-state index < -0.39 is 5.60 Å². The van der Waals surface area contributed by atoms with Crippen LogP contribution in [0.5, 0.6) is 0 Å². The van der Waals surface area contributed by atoms with E-state index in [1.54, 1.807) is 24.3 Å². The topological polar surface area (TPSA) is 60.9 Å². The van der Waals surface area contributed by atoms with Gasteiger partial charge in [-0.25, -0.2) is 0 Å². The van der Waals surface area contributed by atoms with Gasteiger partial charge in [0.05, 0.1) is 23.3 Å². The highest BCUT2D eigenvalue weighted by atomic mass is 79.9. The molecular formula is C27H25BrN2O3. The minimum atomic E-state index is -0.787. The van der Waals surface area contributed by atoms with Crippen molar-refractivity contribution < 1.29 is 14.7 Å². The lowest BCUT2D eigenvalue weighted by atomic mass is 9.84. The second-order valence-electron chi connectivity index (χ2n) is 8.88. The molecule has 2 aliphatic heterocycles. The standard InChI is InChI=1S/C27H25BrN2O3/c28-22-10-8-21(9-11-22)27(33)12-14-29(15-13-27)17-19-4-3-5-20(16-19)18-30-25(31)23-6-1-2-7-24(23)26(30)32/h1-11,16,33H,12-15,17-18H2. The van der Waals surface area contributed by atoms with E-state index >= 15 is 0 Å². The number of halogens is 1. The van der Waals surface area contributed by atoms with Gasteiger partial charge in [-0.15, -0.1) is 0 Å². The van der Waals surface area contributed by atoms with Gasteiger partial charge in [0.2, 0.25) is 0 Å². The normalized spacial score (nSPS) is 17.9. The molecule has 0 aliphatic carbocycles. The second kappa shape index (κ2) is 8.86. The Kier molecular flexibility index (Phi) is 5.91. The summed E-state index contributed by atoms with van der Waals surface area (Å²) in [5, 5.41) is 11.1. The first-order valence-electron chi connectivity index (χ1n) is 11.2. The number of carbonyl (C=O) groups excluding carboxylic acids is 2. The first-order valence-corrected chi connectivity index (χ1v) is 12.0. The molecule has 33 heavy (non-hydrogen) atoms. The molecule has 2 aliphatic rings. The molecule has 2 amide bonds. The zero-order valence-corrected chi connectivity index (χ0v) is 19.8. The molecule has 6 heteroatoms. The largest absolute Gasteiger partial charge is 0.385 e. The van der Waals surface area contributed by atoms with Gasteiger partial charge in [0.15, 0.2) is 0 Å². The lowest BCUT2D eigenvalue weighted by Gasteiger charge is -2.38. The van der Waals surface area contributed by atoms with E-state index in [0.717, 1.165) is 40.8 Å². The SMILES string of the molecule is O=C1c2ccccc2C(=O)N1Cc1cccc(CN2CCC(O)(c3ccc(Br)cc3)CC2)c1. The number of fused-ring (bicyclic) bond motifs is 1. The molecule has 5 rings (SSSR count). The van der Waals surface area contributed by atoms with Crippen LogP contribution in [0.15, 0.2) is 77.3 Å². The van der Waals surface area contributed by atoms with Crippen LogP contribution in [0.4, 0.5) is 0 Å². The molecule has 168 valence electrons. The van der Waals surface area contributed by atoms with Crippen molar-refractivity contribution in [1.82, 2.24) is 9.80 Å². The zero-order valence-electron chi connectivity index (χ0n) is 18.2. The monoisotopic (exact) mass is 504 g/mol. The number of piperidine rings is 1. The Morgan fingerprint density at radius 1 is 0.788 bits per heavy atom. The zero-order chi connectivity index (χ0) is 23.0. The van der Waals surface area contributed by atoms with Gasteiger partial charge in [0.25, 0.3) is 11.8 Å². The van der Waals surface area contributed by atoms with Crippen LogP contribution in [0, 0.1) is 0 Å². The fourth-order valence-electron chi connectivity index (χ4n) is 4.78.